The number of H-pyrrole nitrogens is 1. The van der Waals surface area contributed by atoms with Gasteiger partial charge in [0.25, 0.3) is 0 Å². The highest BCUT2D eigenvalue weighted by atomic mass is 16.5. The molecule has 174 valence electrons. The number of fused-ring (bicyclic) bond motifs is 1. The first-order valence-electron chi connectivity index (χ1n) is 10.8. The van der Waals surface area contributed by atoms with Gasteiger partial charge in [0.2, 0.25) is 5.82 Å². The molecule has 1 N–H and O–H groups in total. The first-order chi connectivity index (χ1) is 17.2. The predicted molar refractivity (Wildman–Crippen MR) is 128 cm³/mol. The smallest absolute Gasteiger partial charge is 0.341 e. The Labute approximate surface area is 200 Å². The topological polar surface area (TPSA) is 112 Å². The van der Waals surface area contributed by atoms with Gasteiger partial charge in [0, 0.05) is 10.9 Å². The third-order valence-corrected chi connectivity index (χ3v) is 5.32. The van der Waals surface area contributed by atoms with Crippen molar-refractivity contribution in [1.82, 2.24) is 25.6 Å². The monoisotopic (exact) mass is 467 g/mol. The lowest BCUT2D eigenvalue weighted by molar-refractivity contribution is 0.0595. The number of benzene rings is 3. The van der Waals surface area contributed by atoms with Gasteiger partial charge in [-0.25, -0.2) is 9.78 Å². The second kappa shape index (κ2) is 10.0. The lowest BCUT2D eigenvalue weighted by atomic mass is 10.1. The Hall–Kier alpha value is -4.79. The van der Waals surface area contributed by atoms with Crippen LogP contribution < -0.4 is 9.47 Å². The van der Waals surface area contributed by atoms with Gasteiger partial charge >= 0.3 is 5.97 Å². The predicted octanol–water partition coefficient (Wildman–Crippen LogP) is 4.36. The Morgan fingerprint density at radius 2 is 1.83 bits per heavy atom. The van der Waals surface area contributed by atoms with Crippen LogP contribution >= 0.6 is 0 Å². The van der Waals surface area contributed by atoms with Crippen LogP contribution in [0.1, 0.15) is 21.6 Å². The van der Waals surface area contributed by atoms with Gasteiger partial charge in [-0.1, -0.05) is 36.4 Å². The quantitative estimate of drug-likeness (QED) is 0.335. The Morgan fingerprint density at radius 1 is 0.914 bits per heavy atom. The van der Waals surface area contributed by atoms with Crippen LogP contribution in [0.3, 0.4) is 0 Å². The molecule has 0 unspecified atom stereocenters. The summed E-state index contributed by atoms with van der Waals surface area (Å²) in [6.45, 7) is 0.580. The van der Waals surface area contributed by atoms with E-state index < -0.39 is 5.97 Å². The number of nitrogens with zero attached hydrogens (tertiary/aromatic N) is 4. The van der Waals surface area contributed by atoms with Crippen LogP contribution in [0.2, 0.25) is 0 Å². The molecule has 0 saturated heterocycles. The number of tetrazole rings is 1. The number of rotatable bonds is 8. The second-order valence-electron chi connectivity index (χ2n) is 7.66. The molecule has 0 spiro atoms. The van der Waals surface area contributed by atoms with Crippen molar-refractivity contribution < 1.29 is 19.0 Å². The van der Waals surface area contributed by atoms with Crippen LogP contribution in [-0.2, 0) is 18.0 Å². The van der Waals surface area contributed by atoms with Gasteiger partial charge in [-0.2, -0.15) is 5.21 Å². The molecule has 5 rings (SSSR count). The van der Waals surface area contributed by atoms with Crippen LogP contribution in [0.25, 0.3) is 22.3 Å². The van der Waals surface area contributed by atoms with Crippen molar-refractivity contribution in [3.63, 3.8) is 0 Å². The molecule has 0 aliphatic rings. The molecule has 0 bridgehead atoms. The van der Waals surface area contributed by atoms with Crippen LogP contribution in [-0.4, -0.2) is 38.7 Å². The summed E-state index contributed by atoms with van der Waals surface area (Å²) in [7, 11) is 1.32. The summed E-state index contributed by atoms with van der Waals surface area (Å²) in [6, 6.07) is 24.6. The minimum Gasteiger partial charge on any atom is -0.488 e. The Kier molecular flexibility index (Phi) is 6.29. The van der Waals surface area contributed by atoms with E-state index in [-0.39, 0.29) is 12.2 Å². The number of aromatic nitrogens is 5. The van der Waals surface area contributed by atoms with E-state index in [1.165, 1.54) is 7.11 Å². The van der Waals surface area contributed by atoms with E-state index in [0.717, 1.165) is 22.2 Å². The number of hydrogen-bond acceptors (Lipinski definition) is 8. The summed E-state index contributed by atoms with van der Waals surface area (Å²) in [4.78, 5) is 17.0. The summed E-state index contributed by atoms with van der Waals surface area (Å²) >= 11 is 0. The molecule has 9 heteroatoms. The fourth-order valence-corrected chi connectivity index (χ4v) is 3.58. The highest BCUT2D eigenvalue weighted by Crippen LogP contribution is 2.26. The minimum absolute atomic E-state index is 0.233. The summed E-state index contributed by atoms with van der Waals surface area (Å²) < 4.78 is 16.8. The maximum absolute atomic E-state index is 12.3. The SMILES string of the molecule is COC(=O)c1cc(-c2nn[nH]n2)ccc1OCc1cccc(OCc2ccc3ccccc3n2)c1. The van der Waals surface area contributed by atoms with Crippen molar-refractivity contribution in [2.24, 2.45) is 0 Å². The molecule has 0 aliphatic heterocycles. The first kappa shape index (κ1) is 22.0. The number of para-hydroxylation sites is 1. The highest BCUT2D eigenvalue weighted by Gasteiger charge is 2.16. The van der Waals surface area contributed by atoms with E-state index in [2.05, 4.69) is 25.6 Å². The number of pyridine rings is 1. The number of aromatic amines is 1. The number of carbonyl (C=O) groups is 1. The van der Waals surface area contributed by atoms with Gasteiger partial charge in [-0.15, -0.1) is 10.2 Å². The molecule has 3 aromatic carbocycles. The number of hydrogen-bond donors (Lipinski definition) is 1. The largest absolute Gasteiger partial charge is 0.488 e. The standard InChI is InChI=1S/C26H21N5O4/c1-33-26(32)22-14-19(25-28-30-31-29-25)10-12-24(22)35-15-17-5-4-7-21(13-17)34-16-20-11-9-18-6-2-3-8-23(18)27-20/h2-14H,15-16H2,1H3,(H,28,29,30,31). The van der Waals surface area contributed by atoms with Gasteiger partial charge < -0.3 is 14.2 Å². The fraction of sp³-hybridized carbons (Fsp3) is 0.115. The number of carbonyl (C=O) groups excluding carboxylic acids is 1. The van der Waals surface area contributed by atoms with E-state index in [9.17, 15) is 4.79 Å². The van der Waals surface area contributed by atoms with E-state index in [1.54, 1.807) is 18.2 Å². The molecule has 0 radical (unpaired) electrons. The van der Waals surface area contributed by atoms with E-state index in [0.29, 0.717) is 29.5 Å². The zero-order valence-electron chi connectivity index (χ0n) is 18.8. The summed E-state index contributed by atoms with van der Waals surface area (Å²) in [5.41, 5.74) is 3.54. The fourth-order valence-electron chi connectivity index (χ4n) is 3.58. The van der Waals surface area contributed by atoms with Gasteiger partial charge in [-0.3, -0.25) is 0 Å². The van der Waals surface area contributed by atoms with Crippen molar-refractivity contribution in [1.29, 1.82) is 0 Å². The number of nitrogens with one attached hydrogen (secondary N) is 1. The molecule has 2 aromatic heterocycles. The molecular weight excluding hydrogens is 446 g/mol. The molecule has 2 heterocycles. The lowest BCUT2D eigenvalue weighted by Crippen LogP contribution is -2.06. The van der Waals surface area contributed by atoms with Gasteiger partial charge in [0.15, 0.2) is 0 Å². The molecule has 35 heavy (non-hydrogen) atoms. The maximum atomic E-state index is 12.3. The third kappa shape index (κ3) is 5.09. The number of ether oxygens (including phenoxy) is 3. The first-order valence-corrected chi connectivity index (χ1v) is 10.8. The third-order valence-electron chi connectivity index (χ3n) is 5.32. The van der Waals surface area contributed by atoms with Crippen LogP contribution in [0, 0.1) is 0 Å². The summed E-state index contributed by atoms with van der Waals surface area (Å²) in [5, 5.41) is 14.9. The molecule has 0 atom stereocenters. The average molecular weight is 467 g/mol. The van der Waals surface area contributed by atoms with Crippen molar-refractivity contribution in [3.05, 3.63) is 95.7 Å². The van der Waals surface area contributed by atoms with Gasteiger partial charge in [-0.05, 0) is 53.2 Å². The zero-order chi connectivity index (χ0) is 24.0. The van der Waals surface area contributed by atoms with Crippen molar-refractivity contribution >= 4 is 16.9 Å². The van der Waals surface area contributed by atoms with Crippen molar-refractivity contribution in [3.8, 4) is 22.9 Å². The van der Waals surface area contributed by atoms with E-state index >= 15 is 0 Å². The molecule has 5 aromatic rings. The van der Waals surface area contributed by atoms with Gasteiger partial charge in [0.05, 0.1) is 18.3 Å². The molecular formula is C26H21N5O4. The van der Waals surface area contributed by atoms with Crippen LogP contribution in [0.15, 0.2) is 78.9 Å². The minimum atomic E-state index is -0.523. The molecule has 0 fully saturated rings. The Morgan fingerprint density at radius 3 is 2.69 bits per heavy atom. The molecule has 0 amide bonds. The summed E-state index contributed by atoms with van der Waals surface area (Å²) in [6.07, 6.45) is 0. The molecule has 0 aliphatic carbocycles. The van der Waals surface area contributed by atoms with Crippen molar-refractivity contribution in [2.75, 3.05) is 7.11 Å². The maximum Gasteiger partial charge on any atom is 0.341 e. The van der Waals surface area contributed by atoms with Crippen LogP contribution in [0.4, 0.5) is 0 Å². The van der Waals surface area contributed by atoms with Crippen LogP contribution in [0.5, 0.6) is 11.5 Å². The second-order valence-corrected chi connectivity index (χ2v) is 7.66. The Balaban J connectivity index is 1.27. The van der Waals surface area contributed by atoms with Gasteiger partial charge in [0.1, 0.15) is 30.3 Å². The molecule has 9 nitrogen and oxygen atoms in total. The Bertz CT molecular complexity index is 1470. The molecule has 0 saturated carbocycles. The highest BCUT2D eigenvalue weighted by molar-refractivity contribution is 5.93. The number of methoxy groups -OCH3 is 1. The van der Waals surface area contributed by atoms with E-state index in [4.69, 9.17) is 14.2 Å². The average Bonchev–Trinajstić information content (AvgIpc) is 3.45. The lowest BCUT2D eigenvalue weighted by Gasteiger charge is -2.12. The zero-order valence-corrected chi connectivity index (χ0v) is 18.8. The normalized spacial score (nSPS) is 10.8. The number of esters is 1. The van der Waals surface area contributed by atoms with Crippen molar-refractivity contribution in [2.45, 2.75) is 13.2 Å². The summed E-state index contributed by atoms with van der Waals surface area (Å²) in [5.74, 6) is 0.926. The van der Waals surface area contributed by atoms with E-state index in [1.807, 2.05) is 60.7 Å².